The summed E-state index contributed by atoms with van der Waals surface area (Å²) in [4.78, 5) is 10.2. The average Bonchev–Trinajstić information content (AvgIpc) is 2.33. The van der Waals surface area contributed by atoms with Crippen molar-refractivity contribution in [2.45, 2.75) is 20.3 Å². The molecule has 0 aromatic rings. The Kier molecular flexibility index (Phi) is 1.65. The van der Waals surface area contributed by atoms with Crippen LogP contribution in [0.4, 0.5) is 8.78 Å². The van der Waals surface area contributed by atoms with Gasteiger partial charge in [-0.2, -0.15) is 0 Å². The molecule has 0 spiro atoms. The minimum atomic E-state index is -2.55. The number of aliphatic carboxylic acids is 1. The van der Waals surface area contributed by atoms with Crippen molar-refractivity contribution in [2.24, 2.45) is 17.3 Å². The summed E-state index contributed by atoms with van der Waals surface area (Å²) >= 11 is 0. The summed E-state index contributed by atoms with van der Waals surface area (Å²) in [6.07, 6.45) is -2.55. The van der Waals surface area contributed by atoms with E-state index in [0.29, 0.717) is 0 Å². The lowest BCUT2D eigenvalue weighted by atomic mass is 10.1. The molecule has 4 heteroatoms. The molecule has 0 N–H and O–H groups in total. The Morgan fingerprint density at radius 2 is 2.00 bits per heavy atom. The number of rotatable bonds is 2. The van der Waals surface area contributed by atoms with Gasteiger partial charge in [0.2, 0.25) is 6.43 Å². The van der Waals surface area contributed by atoms with E-state index in [9.17, 15) is 18.7 Å². The Hall–Kier alpha value is -0.670. The van der Waals surface area contributed by atoms with Gasteiger partial charge < -0.3 is 9.90 Å². The van der Waals surface area contributed by atoms with Crippen LogP contribution in [-0.2, 0) is 4.79 Å². The third kappa shape index (κ3) is 1.10. The van der Waals surface area contributed by atoms with Crippen LogP contribution >= 0.6 is 0 Å². The monoisotopic (exact) mass is 163 g/mol. The lowest BCUT2D eigenvalue weighted by molar-refractivity contribution is -0.309. The number of carboxylic acid groups (broad SMARTS) is 1. The Morgan fingerprint density at radius 3 is 2.09 bits per heavy atom. The molecule has 1 aliphatic carbocycles. The van der Waals surface area contributed by atoms with Gasteiger partial charge in [-0.05, 0) is 5.41 Å². The van der Waals surface area contributed by atoms with Gasteiger partial charge in [-0.1, -0.05) is 13.8 Å². The molecule has 0 bridgehead atoms. The molecule has 0 aromatic carbocycles. The van der Waals surface area contributed by atoms with Gasteiger partial charge in [0, 0.05) is 17.8 Å². The molecule has 0 aliphatic heterocycles. The van der Waals surface area contributed by atoms with Gasteiger partial charge in [0.1, 0.15) is 0 Å². The molecule has 64 valence electrons. The van der Waals surface area contributed by atoms with E-state index in [0.717, 1.165) is 0 Å². The van der Waals surface area contributed by atoms with Crippen LogP contribution in [0.1, 0.15) is 13.8 Å². The van der Waals surface area contributed by atoms with Crippen molar-refractivity contribution < 1.29 is 18.7 Å². The maximum atomic E-state index is 12.0. The van der Waals surface area contributed by atoms with Crippen LogP contribution in [0, 0.1) is 17.3 Å². The minimum absolute atomic E-state index is 0.785. The lowest BCUT2D eigenvalue weighted by Gasteiger charge is -2.01. The molecule has 2 unspecified atom stereocenters. The van der Waals surface area contributed by atoms with Crippen molar-refractivity contribution in [2.75, 3.05) is 0 Å². The average molecular weight is 163 g/mol. The number of halogens is 2. The van der Waals surface area contributed by atoms with Crippen LogP contribution in [0.3, 0.4) is 0 Å². The summed E-state index contributed by atoms with van der Waals surface area (Å²) in [5, 5.41) is 10.2. The molecular formula is C7H9F2O2-. The summed E-state index contributed by atoms with van der Waals surface area (Å²) < 4.78 is 24.1. The molecule has 2 nitrogen and oxygen atoms in total. The second kappa shape index (κ2) is 2.16. The van der Waals surface area contributed by atoms with Crippen LogP contribution < -0.4 is 5.11 Å². The molecule has 0 amide bonds. The van der Waals surface area contributed by atoms with Gasteiger partial charge in [-0.15, -0.1) is 0 Å². The molecule has 0 saturated heterocycles. The van der Waals surface area contributed by atoms with Crippen LogP contribution in [0.15, 0.2) is 0 Å². The highest BCUT2D eigenvalue weighted by atomic mass is 19.3. The normalized spacial score (nSPS) is 33.9. The molecule has 1 saturated carbocycles. The molecule has 0 heterocycles. The minimum Gasteiger partial charge on any atom is -0.550 e. The molecular weight excluding hydrogens is 154 g/mol. The number of carboxylic acids is 1. The number of carbonyl (C=O) groups excluding carboxylic acids is 1. The first-order valence-electron chi connectivity index (χ1n) is 3.38. The topological polar surface area (TPSA) is 40.1 Å². The number of hydrogen-bond acceptors (Lipinski definition) is 2. The van der Waals surface area contributed by atoms with Crippen LogP contribution in [0.25, 0.3) is 0 Å². The van der Waals surface area contributed by atoms with E-state index < -0.39 is 29.6 Å². The maximum Gasteiger partial charge on any atom is 0.242 e. The lowest BCUT2D eigenvalue weighted by Crippen LogP contribution is -2.26. The van der Waals surface area contributed by atoms with Gasteiger partial charge in [-0.3, -0.25) is 0 Å². The first kappa shape index (κ1) is 8.43. The van der Waals surface area contributed by atoms with Crippen molar-refractivity contribution >= 4 is 5.97 Å². The zero-order valence-corrected chi connectivity index (χ0v) is 6.30. The van der Waals surface area contributed by atoms with E-state index in [1.165, 1.54) is 13.8 Å². The molecule has 11 heavy (non-hydrogen) atoms. The predicted molar refractivity (Wildman–Crippen MR) is 31.8 cm³/mol. The predicted octanol–water partition coefficient (Wildman–Crippen LogP) is 0.274. The Bertz CT molecular complexity index is 189. The van der Waals surface area contributed by atoms with Gasteiger partial charge in [0.25, 0.3) is 0 Å². The van der Waals surface area contributed by atoms with Crippen LogP contribution in [-0.4, -0.2) is 12.4 Å². The highest BCUT2D eigenvalue weighted by molar-refractivity contribution is 5.73. The summed E-state index contributed by atoms with van der Waals surface area (Å²) in [5.41, 5.74) is -0.785. The van der Waals surface area contributed by atoms with E-state index in [4.69, 9.17) is 0 Å². The van der Waals surface area contributed by atoms with Crippen LogP contribution in [0.5, 0.6) is 0 Å². The zero-order chi connectivity index (χ0) is 8.81. The zero-order valence-electron chi connectivity index (χ0n) is 6.30. The van der Waals surface area contributed by atoms with Gasteiger partial charge in [0.05, 0.1) is 0 Å². The Balaban J connectivity index is 2.68. The smallest absolute Gasteiger partial charge is 0.242 e. The third-order valence-corrected chi connectivity index (χ3v) is 2.44. The van der Waals surface area contributed by atoms with Gasteiger partial charge in [0.15, 0.2) is 0 Å². The number of carbonyl (C=O) groups is 1. The SMILES string of the molecule is CC1(C)C(C(=O)[O-])C1C(F)F. The van der Waals surface area contributed by atoms with Crippen molar-refractivity contribution in [1.82, 2.24) is 0 Å². The van der Waals surface area contributed by atoms with Gasteiger partial charge in [-0.25, -0.2) is 8.78 Å². The maximum absolute atomic E-state index is 12.0. The van der Waals surface area contributed by atoms with Gasteiger partial charge >= 0.3 is 0 Å². The highest BCUT2D eigenvalue weighted by Gasteiger charge is 2.62. The highest BCUT2D eigenvalue weighted by Crippen LogP contribution is 2.60. The second-order valence-electron chi connectivity index (χ2n) is 3.48. The van der Waals surface area contributed by atoms with E-state index in [1.54, 1.807) is 0 Å². The second-order valence-corrected chi connectivity index (χ2v) is 3.48. The summed E-state index contributed by atoms with van der Waals surface area (Å²) in [7, 11) is 0. The molecule has 1 rings (SSSR count). The molecule has 1 fully saturated rings. The fourth-order valence-corrected chi connectivity index (χ4v) is 1.60. The number of alkyl halides is 2. The van der Waals surface area contributed by atoms with Crippen LogP contribution in [0.2, 0.25) is 0 Å². The fraction of sp³-hybridized carbons (Fsp3) is 0.857. The molecule has 2 atom stereocenters. The number of hydrogen-bond donors (Lipinski definition) is 0. The Labute approximate surface area is 63.2 Å². The largest absolute Gasteiger partial charge is 0.550 e. The third-order valence-electron chi connectivity index (χ3n) is 2.44. The van der Waals surface area contributed by atoms with E-state index >= 15 is 0 Å². The summed E-state index contributed by atoms with van der Waals surface area (Å²) in [5.74, 6) is -3.35. The fourth-order valence-electron chi connectivity index (χ4n) is 1.60. The first-order valence-corrected chi connectivity index (χ1v) is 3.38. The quantitative estimate of drug-likeness (QED) is 0.586. The van der Waals surface area contributed by atoms with E-state index in [2.05, 4.69) is 0 Å². The summed E-state index contributed by atoms with van der Waals surface area (Å²) in [6, 6.07) is 0. The van der Waals surface area contributed by atoms with Crippen molar-refractivity contribution in [3.05, 3.63) is 0 Å². The molecule has 0 radical (unpaired) electrons. The summed E-state index contributed by atoms with van der Waals surface area (Å²) in [6.45, 7) is 3.04. The van der Waals surface area contributed by atoms with E-state index in [1.807, 2.05) is 0 Å². The van der Waals surface area contributed by atoms with Crippen molar-refractivity contribution in [3.8, 4) is 0 Å². The van der Waals surface area contributed by atoms with Crippen molar-refractivity contribution in [1.29, 1.82) is 0 Å². The molecule has 0 aromatic heterocycles. The standard InChI is InChI=1S/C7H10F2O2/c1-7(2)3(5(8)9)4(7)6(10)11/h3-5H,1-2H3,(H,10,11)/p-1. The Morgan fingerprint density at radius 1 is 1.55 bits per heavy atom. The van der Waals surface area contributed by atoms with Crippen molar-refractivity contribution in [3.63, 3.8) is 0 Å². The molecule has 1 aliphatic rings. The van der Waals surface area contributed by atoms with E-state index in [-0.39, 0.29) is 0 Å². The first-order chi connectivity index (χ1) is 4.89.